The summed E-state index contributed by atoms with van der Waals surface area (Å²) in [5.74, 6) is -1.03. The van der Waals surface area contributed by atoms with Gasteiger partial charge in [-0.05, 0) is 39.0 Å². The Morgan fingerprint density at radius 1 is 1.32 bits per heavy atom. The fourth-order valence-corrected chi connectivity index (χ4v) is 2.37. The van der Waals surface area contributed by atoms with Crippen LogP contribution in [0.15, 0.2) is 18.2 Å². The molecule has 0 bridgehead atoms. The summed E-state index contributed by atoms with van der Waals surface area (Å²) in [6.45, 7) is 2.82. The minimum absolute atomic E-state index is 0.159. The molecule has 0 saturated heterocycles. The van der Waals surface area contributed by atoms with E-state index in [1.807, 2.05) is 0 Å². The lowest BCUT2D eigenvalue weighted by Gasteiger charge is -2.31. The molecule has 1 aliphatic heterocycles. The molecule has 0 aromatic heterocycles. The van der Waals surface area contributed by atoms with E-state index in [0.29, 0.717) is 11.4 Å². The van der Waals surface area contributed by atoms with E-state index in [4.69, 9.17) is 9.84 Å². The van der Waals surface area contributed by atoms with Crippen LogP contribution in [0, 0.1) is 0 Å². The number of ether oxygens (including phenoxy) is 2. The molecule has 0 unspecified atom stereocenters. The van der Waals surface area contributed by atoms with Crippen molar-refractivity contribution in [2.75, 3.05) is 17.2 Å². The molecular formula is C17H21F3N2O6. The zero-order valence-corrected chi connectivity index (χ0v) is 15.4. The number of carbonyl (C=O) groups is 2. The second kappa shape index (κ2) is 7.38. The molecule has 1 aromatic carbocycles. The van der Waals surface area contributed by atoms with E-state index in [0.717, 1.165) is 20.8 Å². The summed E-state index contributed by atoms with van der Waals surface area (Å²) in [6, 6.07) is 4.28. The number of nitrogens with one attached hydrogen (secondary N) is 2. The Morgan fingerprint density at radius 2 is 1.96 bits per heavy atom. The number of halogens is 3. The van der Waals surface area contributed by atoms with Gasteiger partial charge in [0, 0.05) is 12.1 Å². The topological polar surface area (TPSA) is 117 Å². The molecule has 0 saturated carbocycles. The van der Waals surface area contributed by atoms with Gasteiger partial charge in [-0.15, -0.1) is 0 Å². The van der Waals surface area contributed by atoms with Gasteiger partial charge in [-0.25, -0.2) is 9.59 Å². The van der Waals surface area contributed by atoms with Gasteiger partial charge in [-0.2, -0.15) is 13.2 Å². The lowest BCUT2D eigenvalue weighted by atomic mass is 9.98. The molecule has 1 aliphatic rings. The van der Waals surface area contributed by atoms with E-state index >= 15 is 0 Å². The average molecular weight is 406 g/mol. The number of carboxylic acids is 1. The van der Waals surface area contributed by atoms with Crippen molar-refractivity contribution in [2.45, 2.75) is 50.7 Å². The highest BCUT2D eigenvalue weighted by molar-refractivity contribution is 5.86. The molecule has 1 heterocycles. The maximum Gasteiger partial charge on any atom is 0.427 e. The van der Waals surface area contributed by atoms with Crippen LogP contribution < -0.4 is 15.4 Å². The Kier molecular flexibility index (Phi) is 5.69. The number of benzene rings is 1. The van der Waals surface area contributed by atoms with Gasteiger partial charge in [0.1, 0.15) is 11.9 Å². The molecule has 0 spiro atoms. The van der Waals surface area contributed by atoms with Crippen LogP contribution in [-0.4, -0.2) is 52.3 Å². The predicted molar refractivity (Wildman–Crippen MR) is 92.5 cm³/mol. The Morgan fingerprint density at radius 3 is 2.54 bits per heavy atom. The Bertz CT molecular complexity index is 764. The molecule has 156 valence electrons. The summed E-state index contributed by atoms with van der Waals surface area (Å²) >= 11 is 0. The Labute approximate surface area is 158 Å². The van der Waals surface area contributed by atoms with Crippen molar-refractivity contribution < 1.29 is 42.4 Å². The minimum Gasteiger partial charge on any atom is -0.486 e. The first kappa shape index (κ1) is 21.6. The van der Waals surface area contributed by atoms with Crippen molar-refractivity contribution in [3.8, 4) is 5.75 Å². The Hall–Kier alpha value is -2.69. The summed E-state index contributed by atoms with van der Waals surface area (Å²) in [5.41, 5.74) is -3.99. The molecule has 1 amide bonds. The third-order valence-electron chi connectivity index (χ3n) is 4.16. The van der Waals surface area contributed by atoms with Crippen LogP contribution in [0.4, 0.5) is 29.3 Å². The second-order valence-electron chi connectivity index (χ2n) is 7.14. The molecular weight excluding hydrogens is 385 g/mol. The molecule has 0 fully saturated rings. The fourth-order valence-electron chi connectivity index (χ4n) is 2.37. The van der Waals surface area contributed by atoms with Crippen LogP contribution in [0.25, 0.3) is 0 Å². The molecule has 2 atom stereocenters. The van der Waals surface area contributed by atoms with Crippen LogP contribution in [0.2, 0.25) is 0 Å². The number of carbonyl (C=O) groups excluding carboxylic acids is 1. The number of amides is 1. The first-order chi connectivity index (χ1) is 12.7. The summed E-state index contributed by atoms with van der Waals surface area (Å²) in [6.07, 6.45) is -6.76. The van der Waals surface area contributed by atoms with Crippen molar-refractivity contribution >= 4 is 23.4 Å². The third kappa shape index (κ3) is 4.97. The van der Waals surface area contributed by atoms with E-state index in [-0.39, 0.29) is 18.7 Å². The maximum atomic E-state index is 12.8. The van der Waals surface area contributed by atoms with Crippen LogP contribution >= 0.6 is 0 Å². The molecule has 8 nitrogen and oxygen atoms in total. The van der Waals surface area contributed by atoms with Crippen LogP contribution in [0.1, 0.15) is 27.2 Å². The van der Waals surface area contributed by atoms with Crippen molar-refractivity contribution in [1.29, 1.82) is 0 Å². The number of carboxylic acid groups (broad SMARTS) is 1. The molecule has 0 radical (unpaired) electrons. The lowest BCUT2D eigenvalue weighted by Crippen LogP contribution is -2.44. The van der Waals surface area contributed by atoms with Gasteiger partial charge >= 0.3 is 18.2 Å². The number of hydrogen-bond acceptors (Lipinski definition) is 6. The highest BCUT2D eigenvalue weighted by Crippen LogP contribution is 2.35. The average Bonchev–Trinajstić information content (AvgIpc) is 2.52. The minimum atomic E-state index is -4.72. The Balaban J connectivity index is 2.02. The number of aliphatic carboxylic acids is 1. The van der Waals surface area contributed by atoms with Crippen molar-refractivity contribution in [3.05, 3.63) is 18.2 Å². The summed E-state index contributed by atoms with van der Waals surface area (Å²) < 4.78 is 48.4. The molecule has 1 aromatic rings. The van der Waals surface area contributed by atoms with Crippen LogP contribution in [0.3, 0.4) is 0 Å². The monoisotopic (exact) mass is 406 g/mol. The molecule has 2 rings (SSSR count). The van der Waals surface area contributed by atoms with Crippen molar-refractivity contribution in [3.63, 3.8) is 0 Å². The van der Waals surface area contributed by atoms with Gasteiger partial charge in [-0.3, -0.25) is 5.32 Å². The van der Waals surface area contributed by atoms with Gasteiger partial charge < -0.3 is 25.0 Å². The SMILES string of the molecule is CC(C)(OC(=O)Nc1ccc2c(c1)NC[C@H](C[C@](C)(O)C(=O)O)O2)C(F)(F)F. The molecule has 11 heteroatoms. The standard InChI is InChI=1S/C17H21F3N2O6/c1-15(2,17(18,19)20)28-14(25)22-9-4-5-12-11(6-9)21-8-10(27-12)7-16(3,26)13(23)24/h4-6,10,21,26H,7-8H2,1-3H3,(H,22,25)(H,23,24)/t10-,16-/m0/s1. The van der Waals surface area contributed by atoms with Crippen LogP contribution in [-0.2, 0) is 9.53 Å². The normalized spacial score (nSPS) is 18.8. The summed E-state index contributed by atoms with van der Waals surface area (Å²) in [5, 5.41) is 24.0. The smallest absolute Gasteiger partial charge is 0.427 e. The number of anilines is 2. The van der Waals surface area contributed by atoms with Gasteiger partial charge in [0.25, 0.3) is 0 Å². The van der Waals surface area contributed by atoms with E-state index in [9.17, 15) is 27.9 Å². The zero-order chi connectivity index (χ0) is 21.3. The predicted octanol–water partition coefficient (Wildman–Crippen LogP) is 2.97. The van der Waals surface area contributed by atoms with Crippen molar-refractivity contribution in [1.82, 2.24) is 0 Å². The highest BCUT2D eigenvalue weighted by atomic mass is 19.4. The number of hydrogen-bond donors (Lipinski definition) is 4. The summed E-state index contributed by atoms with van der Waals surface area (Å²) in [7, 11) is 0. The maximum absolute atomic E-state index is 12.8. The number of rotatable bonds is 5. The van der Waals surface area contributed by atoms with E-state index in [1.54, 1.807) is 0 Å². The fraction of sp³-hybridized carbons (Fsp3) is 0.529. The summed E-state index contributed by atoms with van der Waals surface area (Å²) in [4.78, 5) is 22.7. The largest absolute Gasteiger partial charge is 0.486 e. The molecule has 0 aliphatic carbocycles. The molecule has 28 heavy (non-hydrogen) atoms. The van der Waals surface area contributed by atoms with E-state index in [1.165, 1.54) is 18.2 Å². The van der Waals surface area contributed by atoms with E-state index < -0.39 is 35.5 Å². The van der Waals surface area contributed by atoms with Crippen molar-refractivity contribution in [2.24, 2.45) is 0 Å². The van der Waals surface area contributed by atoms with Gasteiger partial charge in [-0.1, -0.05) is 0 Å². The number of fused-ring (bicyclic) bond motifs is 1. The zero-order valence-electron chi connectivity index (χ0n) is 15.4. The van der Waals surface area contributed by atoms with Gasteiger partial charge in [0.05, 0.1) is 12.2 Å². The van der Waals surface area contributed by atoms with Gasteiger partial charge in [0.15, 0.2) is 5.60 Å². The lowest BCUT2D eigenvalue weighted by molar-refractivity contribution is -0.242. The third-order valence-corrected chi connectivity index (χ3v) is 4.16. The second-order valence-corrected chi connectivity index (χ2v) is 7.14. The van der Waals surface area contributed by atoms with Gasteiger partial charge in [0.2, 0.25) is 5.60 Å². The first-order valence-electron chi connectivity index (χ1n) is 8.28. The molecule has 4 N–H and O–H groups in total. The number of aliphatic hydroxyl groups is 1. The quantitative estimate of drug-likeness (QED) is 0.594. The van der Waals surface area contributed by atoms with Crippen LogP contribution in [0.5, 0.6) is 5.75 Å². The van der Waals surface area contributed by atoms with E-state index in [2.05, 4.69) is 15.4 Å². The highest BCUT2D eigenvalue weighted by Gasteiger charge is 2.51. The number of alkyl halides is 3. The first-order valence-corrected chi connectivity index (χ1v) is 8.28.